The summed E-state index contributed by atoms with van der Waals surface area (Å²) in [6.07, 6.45) is 10.3. The Balaban J connectivity index is 1.59. The SMILES string of the molecule is CC=C1CC[C@H]2[C@@H]3C[C@@H](F)[C@@H]4CC(OC)(OC)CC[C@@H]4[C@H]3CC[C@]12C. The summed E-state index contributed by atoms with van der Waals surface area (Å²) in [5.74, 6) is 2.12. The van der Waals surface area contributed by atoms with Crippen LogP contribution in [0.1, 0.15) is 65.2 Å². The predicted octanol–water partition coefficient (Wildman–Crippen LogP) is 5.52. The van der Waals surface area contributed by atoms with E-state index in [2.05, 4.69) is 19.9 Å². The summed E-state index contributed by atoms with van der Waals surface area (Å²) in [5, 5.41) is 0. The van der Waals surface area contributed by atoms with Crippen molar-refractivity contribution >= 4 is 0 Å². The van der Waals surface area contributed by atoms with Crippen LogP contribution in [0.5, 0.6) is 0 Å². The Bertz CT molecular complexity index is 540. The molecule has 2 nitrogen and oxygen atoms in total. The number of hydrogen-bond acceptors (Lipinski definition) is 2. The maximum Gasteiger partial charge on any atom is 0.167 e. The maximum absolute atomic E-state index is 15.3. The van der Waals surface area contributed by atoms with Crippen LogP contribution < -0.4 is 0 Å². The van der Waals surface area contributed by atoms with Gasteiger partial charge in [-0.2, -0.15) is 0 Å². The molecule has 4 rings (SSSR count). The summed E-state index contributed by atoms with van der Waals surface area (Å²) in [7, 11) is 3.43. The molecule has 0 saturated heterocycles. The summed E-state index contributed by atoms with van der Waals surface area (Å²) >= 11 is 0. The third kappa shape index (κ3) is 2.56. The Morgan fingerprint density at radius 1 is 1.00 bits per heavy atom. The first-order chi connectivity index (χ1) is 12.0. The molecule has 4 fully saturated rings. The highest BCUT2D eigenvalue weighted by Gasteiger charge is 2.58. The summed E-state index contributed by atoms with van der Waals surface area (Å²) in [4.78, 5) is 0. The van der Waals surface area contributed by atoms with E-state index in [1.807, 2.05) is 0 Å². The molecule has 0 N–H and O–H groups in total. The molecule has 0 aromatic rings. The van der Waals surface area contributed by atoms with Crippen LogP contribution in [-0.2, 0) is 9.47 Å². The van der Waals surface area contributed by atoms with Gasteiger partial charge >= 0.3 is 0 Å². The van der Waals surface area contributed by atoms with Gasteiger partial charge in [0.05, 0.1) is 0 Å². The van der Waals surface area contributed by atoms with Gasteiger partial charge in [-0.05, 0) is 80.5 Å². The highest BCUT2D eigenvalue weighted by Crippen LogP contribution is 2.64. The molecular formula is C22H35FO2. The number of ether oxygens (including phenoxy) is 2. The topological polar surface area (TPSA) is 18.5 Å². The number of fused-ring (bicyclic) bond motifs is 5. The van der Waals surface area contributed by atoms with Gasteiger partial charge in [-0.15, -0.1) is 0 Å². The van der Waals surface area contributed by atoms with Gasteiger partial charge in [-0.1, -0.05) is 18.6 Å². The minimum absolute atomic E-state index is 0.127. The lowest BCUT2D eigenvalue weighted by Crippen LogP contribution is -2.54. The smallest absolute Gasteiger partial charge is 0.167 e. The van der Waals surface area contributed by atoms with Gasteiger partial charge in [0.2, 0.25) is 0 Å². The molecule has 0 aliphatic heterocycles. The summed E-state index contributed by atoms with van der Waals surface area (Å²) in [6.45, 7) is 4.66. The Morgan fingerprint density at radius 2 is 1.68 bits per heavy atom. The van der Waals surface area contributed by atoms with Crippen LogP contribution in [0.2, 0.25) is 0 Å². The quantitative estimate of drug-likeness (QED) is 0.482. The van der Waals surface area contributed by atoms with Crippen molar-refractivity contribution in [3.05, 3.63) is 11.6 Å². The van der Waals surface area contributed by atoms with Crippen molar-refractivity contribution in [3.63, 3.8) is 0 Å². The molecule has 4 saturated carbocycles. The van der Waals surface area contributed by atoms with Crippen LogP contribution in [0, 0.1) is 35.0 Å². The molecule has 4 aliphatic rings. The fraction of sp³-hybridized carbons (Fsp3) is 0.909. The van der Waals surface area contributed by atoms with Crippen LogP contribution in [0.15, 0.2) is 11.6 Å². The van der Waals surface area contributed by atoms with Gasteiger partial charge in [0.25, 0.3) is 0 Å². The zero-order valence-electron chi connectivity index (χ0n) is 16.4. The maximum atomic E-state index is 15.3. The molecule has 25 heavy (non-hydrogen) atoms. The largest absolute Gasteiger partial charge is 0.353 e. The third-order valence-corrected chi connectivity index (χ3v) is 8.90. The molecule has 0 heterocycles. The second-order valence-corrected chi connectivity index (χ2v) is 9.38. The highest BCUT2D eigenvalue weighted by molar-refractivity contribution is 5.23. The number of allylic oxidation sites excluding steroid dienone is 2. The lowest BCUT2D eigenvalue weighted by atomic mass is 9.49. The van der Waals surface area contributed by atoms with Crippen molar-refractivity contribution in [2.75, 3.05) is 14.2 Å². The van der Waals surface area contributed by atoms with E-state index in [-0.39, 0.29) is 5.92 Å². The minimum atomic E-state index is -0.687. The number of methoxy groups -OCH3 is 2. The zero-order chi connectivity index (χ0) is 17.8. The van der Waals surface area contributed by atoms with E-state index in [4.69, 9.17) is 9.47 Å². The van der Waals surface area contributed by atoms with E-state index >= 15 is 4.39 Å². The second kappa shape index (κ2) is 6.34. The first-order valence-corrected chi connectivity index (χ1v) is 10.4. The summed E-state index contributed by atoms with van der Waals surface area (Å²) in [5.41, 5.74) is 2.00. The molecule has 0 bridgehead atoms. The van der Waals surface area contributed by atoms with Crippen LogP contribution >= 0.6 is 0 Å². The van der Waals surface area contributed by atoms with E-state index < -0.39 is 12.0 Å². The van der Waals surface area contributed by atoms with Crippen molar-refractivity contribution < 1.29 is 13.9 Å². The molecule has 7 atom stereocenters. The van der Waals surface area contributed by atoms with Crippen molar-refractivity contribution in [2.24, 2.45) is 35.0 Å². The minimum Gasteiger partial charge on any atom is -0.353 e. The average Bonchev–Trinajstić information content (AvgIpc) is 2.98. The van der Waals surface area contributed by atoms with Gasteiger partial charge < -0.3 is 9.47 Å². The van der Waals surface area contributed by atoms with Crippen LogP contribution in [0.25, 0.3) is 0 Å². The fourth-order valence-electron chi connectivity index (χ4n) is 7.54. The molecule has 0 aromatic heterocycles. The van der Waals surface area contributed by atoms with E-state index in [9.17, 15) is 0 Å². The molecule has 142 valence electrons. The van der Waals surface area contributed by atoms with E-state index in [1.165, 1.54) is 25.7 Å². The van der Waals surface area contributed by atoms with Crippen LogP contribution in [0.4, 0.5) is 4.39 Å². The predicted molar refractivity (Wildman–Crippen MR) is 97.9 cm³/mol. The molecule has 4 aliphatic carbocycles. The summed E-state index contributed by atoms with van der Waals surface area (Å²) in [6, 6.07) is 0. The molecule has 0 amide bonds. The Kier molecular flexibility index (Phi) is 4.56. The molecule has 0 unspecified atom stereocenters. The van der Waals surface area contributed by atoms with Crippen LogP contribution in [-0.4, -0.2) is 26.2 Å². The molecular weight excluding hydrogens is 315 g/mol. The average molecular weight is 351 g/mol. The number of rotatable bonds is 2. The lowest BCUT2D eigenvalue weighted by molar-refractivity contribution is -0.253. The van der Waals surface area contributed by atoms with Crippen molar-refractivity contribution in [3.8, 4) is 0 Å². The zero-order valence-corrected chi connectivity index (χ0v) is 16.4. The Hall–Kier alpha value is -0.410. The van der Waals surface area contributed by atoms with Gasteiger partial charge in [0.15, 0.2) is 5.79 Å². The third-order valence-electron chi connectivity index (χ3n) is 8.90. The van der Waals surface area contributed by atoms with E-state index in [1.54, 1.807) is 19.8 Å². The second-order valence-electron chi connectivity index (χ2n) is 9.38. The number of halogens is 1. The number of hydrogen-bond donors (Lipinski definition) is 0. The van der Waals surface area contributed by atoms with Gasteiger partial charge in [-0.3, -0.25) is 0 Å². The first-order valence-electron chi connectivity index (χ1n) is 10.4. The van der Waals surface area contributed by atoms with Crippen LogP contribution in [0.3, 0.4) is 0 Å². The molecule has 3 heteroatoms. The van der Waals surface area contributed by atoms with E-state index in [0.717, 1.165) is 31.6 Å². The highest BCUT2D eigenvalue weighted by atomic mass is 19.1. The fourth-order valence-corrected chi connectivity index (χ4v) is 7.54. The Morgan fingerprint density at radius 3 is 2.36 bits per heavy atom. The number of alkyl halides is 1. The van der Waals surface area contributed by atoms with Crippen molar-refractivity contribution in [1.29, 1.82) is 0 Å². The van der Waals surface area contributed by atoms with Gasteiger partial charge in [0, 0.05) is 27.1 Å². The molecule has 0 spiro atoms. The molecule has 0 aromatic carbocycles. The Labute approximate surface area is 152 Å². The molecule has 0 radical (unpaired) electrons. The lowest BCUT2D eigenvalue weighted by Gasteiger charge is -2.57. The summed E-state index contributed by atoms with van der Waals surface area (Å²) < 4.78 is 26.7. The first kappa shape index (κ1) is 18.0. The van der Waals surface area contributed by atoms with Crippen molar-refractivity contribution in [2.45, 2.75) is 77.2 Å². The monoisotopic (exact) mass is 350 g/mol. The van der Waals surface area contributed by atoms with Gasteiger partial charge in [0.1, 0.15) is 6.17 Å². The normalized spacial score (nSPS) is 50.2. The van der Waals surface area contributed by atoms with Gasteiger partial charge in [-0.25, -0.2) is 4.39 Å². The van der Waals surface area contributed by atoms with Crippen molar-refractivity contribution in [1.82, 2.24) is 0 Å². The standard InChI is InChI=1S/C22H35FO2/c1-5-14-6-7-19-17-12-20(23)18-13-22(24-3,25-4)11-9-16(18)15(17)8-10-21(14,19)2/h5,15-20H,6-13H2,1-4H3/t15-,16-,17-,18-,19+,20-,21-/m1/s1. The van der Waals surface area contributed by atoms with E-state index in [0.29, 0.717) is 23.2 Å².